The molecule has 1 rings (SSSR count). The van der Waals surface area contributed by atoms with Crippen molar-refractivity contribution in [2.24, 2.45) is 5.73 Å². The highest BCUT2D eigenvalue weighted by atomic mass is 31.2. The highest BCUT2D eigenvalue weighted by Gasteiger charge is 2.36. The van der Waals surface area contributed by atoms with Crippen LogP contribution >= 0.6 is 7.82 Å². The Morgan fingerprint density at radius 1 is 0.644 bits per heavy atom. The number of carbonyl (C=O) groups excluding carboxylic acids is 2. The molecule has 0 radical (unpaired) electrons. The number of carboxylic acid groups (broad SMARTS) is 1. The lowest BCUT2D eigenvalue weighted by molar-refractivity contribution is -0.161. The Morgan fingerprint density at radius 2 is 1.17 bits per heavy atom. The van der Waals surface area contributed by atoms with Gasteiger partial charge in [-0.05, 0) is 83.5 Å². The Kier molecular flexibility index (Phi) is 33.5. The zero-order chi connectivity index (χ0) is 43.2. The first kappa shape index (κ1) is 53.9. The second kappa shape index (κ2) is 36.7. The van der Waals surface area contributed by atoms with E-state index in [4.69, 9.17) is 29.6 Å². The predicted octanol–water partition coefficient (Wildman–Crippen LogP) is 10.7. The molecular formula is C46H76NO11P. The number of phosphoric acid groups is 1. The van der Waals surface area contributed by atoms with Gasteiger partial charge in [-0.2, -0.15) is 0 Å². The number of phosphoric ester groups is 1. The molecular weight excluding hydrogens is 773 g/mol. The molecule has 0 saturated carbocycles. The van der Waals surface area contributed by atoms with Crippen LogP contribution in [0.5, 0.6) is 0 Å². The van der Waals surface area contributed by atoms with Crippen LogP contribution < -0.4 is 5.73 Å². The number of allylic oxidation sites excluding steroid dienone is 11. The van der Waals surface area contributed by atoms with Crippen LogP contribution in [0.1, 0.15) is 155 Å². The van der Waals surface area contributed by atoms with Gasteiger partial charge in [-0.3, -0.25) is 23.4 Å². The lowest BCUT2D eigenvalue weighted by Crippen LogP contribution is -2.34. The van der Waals surface area contributed by atoms with Crippen molar-refractivity contribution in [3.63, 3.8) is 0 Å². The number of aliphatic carboxylic acids is 1. The molecule has 1 aliphatic heterocycles. The van der Waals surface area contributed by atoms with Gasteiger partial charge in [-0.1, -0.05) is 132 Å². The third-order valence-corrected chi connectivity index (χ3v) is 10.3. The molecule has 59 heavy (non-hydrogen) atoms. The Bertz CT molecular complexity index is 1340. The summed E-state index contributed by atoms with van der Waals surface area (Å²) >= 11 is 0. The van der Waals surface area contributed by atoms with E-state index in [1.807, 2.05) is 0 Å². The van der Waals surface area contributed by atoms with Crippen molar-refractivity contribution in [2.75, 3.05) is 19.8 Å². The summed E-state index contributed by atoms with van der Waals surface area (Å²) in [5.41, 5.74) is 5.33. The molecule has 12 nitrogen and oxygen atoms in total. The molecule has 0 amide bonds. The van der Waals surface area contributed by atoms with Gasteiger partial charge in [-0.15, -0.1) is 0 Å². The first-order chi connectivity index (χ1) is 28.6. The van der Waals surface area contributed by atoms with Crippen LogP contribution in [0.2, 0.25) is 0 Å². The molecule has 0 spiro atoms. The fourth-order valence-corrected chi connectivity index (χ4v) is 6.58. The van der Waals surface area contributed by atoms with E-state index >= 15 is 0 Å². The fourth-order valence-electron chi connectivity index (χ4n) is 5.80. The molecule has 1 heterocycles. The summed E-state index contributed by atoms with van der Waals surface area (Å²) in [6.45, 7) is 2.59. The van der Waals surface area contributed by atoms with Crippen molar-refractivity contribution in [3.05, 3.63) is 72.9 Å². The maximum absolute atomic E-state index is 12.6. The minimum absolute atomic E-state index is 0.112. The minimum atomic E-state index is -4.74. The van der Waals surface area contributed by atoms with E-state index in [0.29, 0.717) is 25.0 Å². The largest absolute Gasteiger partial charge is 0.480 e. The Labute approximate surface area is 355 Å². The van der Waals surface area contributed by atoms with E-state index in [0.717, 1.165) is 89.9 Å². The van der Waals surface area contributed by atoms with Crippen LogP contribution in [-0.4, -0.2) is 72.1 Å². The lowest BCUT2D eigenvalue weighted by Gasteiger charge is -2.20. The topological polar surface area (TPSA) is 184 Å². The van der Waals surface area contributed by atoms with Crippen molar-refractivity contribution in [1.82, 2.24) is 0 Å². The molecule has 1 aliphatic rings. The summed E-state index contributed by atoms with van der Waals surface area (Å²) in [7, 11) is -4.74. The zero-order valence-electron chi connectivity index (χ0n) is 36.0. The quantitative estimate of drug-likeness (QED) is 0.0175. The van der Waals surface area contributed by atoms with Crippen LogP contribution in [0, 0.1) is 0 Å². The number of carbonyl (C=O) groups is 3. The SMILES string of the molecule is CC/C=C\C/C=C\C/C=C\C/C=C\C/C=C\CCCCCC(=O)O[C@H](COC(=O)CCCCCCC/C=C\CC1OC1CCCCC)COP(=O)(O)OC[C@H](N)C(=O)O. The summed E-state index contributed by atoms with van der Waals surface area (Å²) in [5, 5.41) is 8.89. The third-order valence-electron chi connectivity index (χ3n) is 9.36. The van der Waals surface area contributed by atoms with Gasteiger partial charge < -0.3 is 29.9 Å². The van der Waals surface area contributed by atoms with Gasteiger partial charge in [0.15, 0.2) is 6.10 Å². The lowest BCUT2D eigenvalue weighted by atomic mass is 10.1. The average Bonchev–Trinajstić information content (AvgIpc) is 3.97. The average molecular weight is 850 g/mol. The van der Waals surface area contributed by atoms with Crippen molar-refractivity contribution in [2.45, 2.75) is 179 Å². The Morgan fingerprint density at radius 3 is 1.78 bits per heavy atom. The van der Waals surface area contributed by atoms with Crippen LogP contribution in [0.25, 0.3) is 0 Å². The highest BCUT2D eigenvalue weighted by molar-refractivity contribution is 7.47. The number of ether oxygens (including phenoxy) is 3. The first-order valence-corrected chi connectivity index (χ1v) is 23.6. The van der Waals surface area contributed by atoms with Crippen molar-refractivity contribution >= 4 is 25.7 Å². The summed E-state index contributed by atoms with van der Waals surface area (Å²) < 4.78 is 38.4. The second-order valence-corrected chi connectivity index (χ2v) is 16.3. The maximum Gasteiger partial charge on any atom is 0.472 e. The summed E-state index contributed by atoms with van der Waals surface area (Å²) in [6, 6.07) is -1.54. The number of esters is 2. The second-order valence-electron chi connectivity index (χ2n) is 14.8. The van der Waals surface area contributed by atoms with E-state index in [9.17, 15) is 23.8 Å². The number of unbranched alkanes of at least 4 members (excludes halogenated alkanes) is 10. The molecule has 0 aromatic heterocycles. The van der Waals surface area contributed by atoms with Crippen LogP contribution in [0.4, 0.5) is 0 Å². The Hall–Kier alpha value is -3.12. The number of epoxide rings is 1. The number of carboxylic acids is 1. The first-order valence-electron chi connectivity index (χ1n) is 22.1. The summed E-state index contributed by atoms with van der Waals surface area (Å²) in [5.74, 6) is -2.46. The van der Waals surface area contributed by atoms with Gasteiger partial charge >= 0.3 is 25.7 Å². The molecule has 13 heteroatoms. The molecule has 0 bridgehead atoms. The van der Waals surface area contributed by atoms with Gasteiger partial charge in [0.05, 0.1) is 25.4 Å². The summed E-state index contributed by atoms with van der Waals surface area (Å²) in [4.78, 5) is 46.0. The number of nitrogens with two attached hydrogens (primary N) is 1. The molecule has 1 fully saturated rings. The maximum atomic E-state index is 12.6. The fraction of sp³-hybridized carbons (Fsp3) is 0.674. The van der Waals surface area contributed by atoms with Crippen molar-refractivity contribution < 1.29 is 52.2 Å². The van der Waals surface area contributed by atoms with Gasteiger partial charge in [0.25, 0.3) is 0 Å². The molecule has 0 aromatic rings. The van der Waals surface area contributed by atoms with Crippen molar-refractivity contribution in [3.8, 4) is 0 Å². The number of hydrogen-bond donors (Lipinski definition) is 3. The van der Waals surface area contributed by atoms with Crippen LogP contribution in [-0.2, 0) is 42.2 Å². The van der Waals surface area contributed by atoms with Crippen molar-refractivity contribution in [1.29, 1.82) is 0 Å². The molecule has 5 atom stereocenters. The molecule has 0 aromatic carbocycles. The van der Waals surface area contributed by atoms with E-state index in [-0.39, 0.29) is 19.4 Å². The van der Waals surface area contributed by atoms with Crippen LogP contribution in [0.3, 0.4) is 0 Å². The molecule has 336 valence electrons. The number of rotatable bonds is 39. The third kappa shape index (κ3) is 34.3. The van der Waals surface area contributed by atoms with Gasteiger partial charge in [0.1, 0.15) is 12.6 Å². The smallest absolute Gasteiger partial charge is 0.472 e. The highest BCUT2D eigenvalue weighted by Crippen LogP contribution is 2.43. The monoisotopic (exact) mass is 850 g/mol. The zero-order valence-corrected chi connectivity index (χ0v) is 36.9. The normalized spacial score (nSPS) is 17.8. The predicted molar refractivity (Wildman–Crippen MR) is 235 cm³/mol. The molecule has 4 N–H and O–H groups in total. The van der Waals surface area contributed by atoms with Crippen LogP contribution in [0.15, 0.2) is 72.9 Å². The standard InChI is InChI=1S/C46H76NO11P/c1-3-5-7-8-9-10-11-12-13-14-15-16-17-18-19-20-25-28-32-36-45(49)57-40(38-55-59(52,53)56-39-41(47)46(50)51)37-54-44(48)35-31-27-24-22-21-23-26-30-34-43-42(58-43)33-29-6-4-2/h5,7,9-10,12-13,15-16,18-19,26,30,40-43H,3-4,6,8,11,14,17,20-25,27-29,31-39,47H2,1-2H3,(H,50,51)(H,52,53)/b7-5-,10-9-,13-12-,16-15-,19-18-,30-26-/t40-,41+,42?,43?/m1/s1. The molecule has 1 saturated heterocycles. The van der Waals surface area contributed by atoms with Gasteiger partial charge in [-0.25, -0.2) is 4.57 Å². The van der Waals surface area contributed by atoms with E-state index in [2.05, 4.69) is 91.3 Å². The minimum Gasteiger partial charge on any atom is -0.480 e. The Balaban J connectivity index is 2.31. The van der Waals surface area contributed by atoms with E-state index < -0.39 is 51.1 Å². The molecule has 0 aliphatic carbocycles. The van der Waals surface area contributed by atoms with E-state index in [1.54, 1.807) is 0 Å². The molecule has 3 unspecified atom stereocenters. The number of hydrogen-bond acceptors (Lipinski definition) is 10. The summed E-state index contributed by atoms with van der Waals surface area (Å²) in [6.07, 6.45) is 45.6. The van der Waals surface area contributed by atoms with Gasteiger partial charge in [0, 0.05) is 12.8 Å². The van der Waals surface area contributed by atoms with Gasteiger partial charge in [0.2, 0.25) is 0 Å². The van der Waals surface area contributed by atoms with E-state index in [1.165, 1.54) is 25.7 Å².